The van der Waals surface area contributed by atoms with E-state index in [2.05, 4.69) is 14.9 Å². The van der Waals surface area contributed by atoms with Crippen molar-refractivity contribution >= 4 is 21.6 Å². The van der Waals surface area contributed by atoms with Gasteiger partial charge < -0.3 is 0 Å². The van der Waals surface area contributed by atoms with E-state index in [-0.39, 0.29) is 4.90 Å². The molecule has 0 aliphatic carbocycles. The maximum absolute atomic E-state index is 12.2. The summed E-state index contributed by atoms with van der Waals surface area (Å²) >= 11 is 5.84. The van der Waals surface area contributed by atoms with Crippen LogP contribution in [0.4, 0.5) is 0 Å². The van der Waals surface area contributed by atoms with Gasteiger partial charge in [0.15, 0.2) is 0 Å². The molecule has 21 heavy (non-hydrogen) atoms. The van der Waals surface area contributed by atoms with E-state index in [9.17, 15) is 8.42 Å². The Morgan fingerprint density at radius 1 is 1.33 bits per heavy atom. The van der Waals surface area contributed by atoms with Crippen LogP contribution in [-0.2, 0) is 16.4 Å². The summed E-state index contributed by atoms with van der Waals surface area (Å²) in [5, 5.41) is 7.33. The third kappa shape index (κ3) is 4.06. The molecule has 0 aliphatic heterocycles. The number of hydrogen-bond acceptors (Lipinski definition) is 3. The average Bonchev–Trinajstić information content (AvgIpc) is 2.80. The SMILES string of the molecule is Cc1cc(Cl)ccc1S(=O)(=O)NCCCc1cn[nH]c1C. The molecule has 0 radical (unpaired) electrons. The summed E-state index contributed by atoms with van der Waals surface area (Å²) < 4.78 is 27.1. The zero-order chi connectivity index (χ0) is 15.5. The number of benzene rings is 1. The Bertz CT molecular complexity index is 726. The van der Waals surface area contributed by atoms with Crippen LogP contribution in [0.15, 0.2) is 29.3 Å². The van der Waals surface area contributed by atoms with Crippen LogP contribution >= 0.6 is 11.6 Å². The van der Waals surface area contributed by atoms with Crippen molar-refractivity contribution in [3.05, 3.63) is 46.2 Å². The molecule has 0 atom stereocenters. The largest absolute Gasteiger partial charge is 0.283 e. The summed E-state index contributed by atoms with van der Waals surface area (Å²) in [4.78, 5) is 0.270. The molecule has 0 fully saturated rings. The fraction of sp³-hybridized carbons (Fsp3) is 0.357. The lowest BCUT2D eigenvalue weighted by Crippen LogP contribution is -2.25. The molecule has 2 rings (SSSR count). The second kappa shape index (κ2) is 6.60. The molecule has 2 N–H and O–H groups in total. The highest BCUT2D eigenvalue weighted by Crippen LogP contribution is 2.19. The maximum atomic E-state index is 12.2. The van der Waals surface area contributed by atoms with Crippen molar-refractivity contribution in [2.45, 2.75) is 31.6 Å². The van der Waals surface area contributed by atoms with Crippen molar-refractivity contribution in [3.63, 3.8) is 0 Å². The van der Waals surface area contributed by atoms with Gasteiger partial charge in [0, 0.05) is 17.3 Å². The number of aromatic nitrogens is 2. The topological polar surface area (TPSA) is 74.8 Å². The Morgan fingerprint density at radius 3 is 2.71 bits per heavy atom. The summed E-state index contributed by atoms with van der Waals surface area (Å²) in [6.45, 7) is 4.06. The summed E-state index contributed by atoms with van der Waals surface area (Å²) in [5.74, 6) is 0. The second-order valence-electron chi connectivity index (χ2n) is 4.93. The Kier molecular flexibility index (Phi) is 5.03. The molecule has 2 aromatic rings. The van der Waals surface area contributed by atoms with E-state index in [1.807, 2.05) is 6.92 Å². The van der Waals surface area contributed by atoms with Crippen molar-refractivity contribution in [2.24, 2.45) is 0 Å². The molecule has 1 heterocycles. The van der Waals surface area contributed by atoms with Gasteiger partial charge in [-0.2, -0.15) is 5.10 Å². The quantitative estimate of drug-likeness (QED) is 0.801. The highest BCUT2D eigenvalue weighted by molar-refractivity contribution is 7.89. The van der Waals surface area contributed by atoms with E-state index in [4.69, 9.17) is 11.6 Å². The number of rotatable bonds is 6. The lowest BCUT2D eigenvalue weighted by atomic mass is 10.1. The van der Waals surface area contributed by atoms with Gasteiger partial charge >= 0.3 is 0 Å². The molecule has 1 aromatic heterocycles. The van der Waals surface area contributed by atoms with Crippen LogP contribution in [0.3, 0.4) is 0 Å². The Hall–Kier alpha value is -1.37. The molecule has 5 nitrogen and oxygen atoms in total. The zero-order valence-corrected chi connectivity index (χ0v) is 13.6. The number of H-pyrrole nitrogens is 1. The van der Waals surface area contributed by atoms with Crippen molar-refractivity contribution < 1.29 is 8.42 Å². The molecule has 0 saturated carbocycles. The molecule has 0 saturated heterocycles. The van der Waals surface area contributed by atoms with Crippen LogP contribution in [-0.4, -0.2) is 25.2 Å². The molecular weight excluding hydrogens is 310 g/mol. The first-order valence-electron chi connectivity index (χ1n) is 6.65. The van der Waals surface area contributed by atoms with Gasteiger partial charge in [-0.1, -0.05) is 11.6 Å². The fourth-order valence-corrected chi connectivity index (χ4v) is 3.63. The van der Waals surface area contributed by atoms with Gasteiger partial charge in [-0.15, -0.1) is 0 Å². The van der Waals surface area contributed by atoms with Gasteiger partial charge in [0.1, 0.15) is 0 Å². The van der Waals surface area contributed by atoms with Gasteiger partial charge in [-0.25, -0.2) is 13.1 Å². The van der Waals surface area contributed by atoms with E-state index in [0.29, 0.717) is 23.6 Å². The zero-order valence-electron chi connectivity index (χ0n) is 12.0. The molecule has 0 aliphatic rings. The average molecular weight is 328 g/mol. The third-order valence-corrected chi connectivity index (χ3v) is 5.13. The van der Waals surface area contributed by atoms with Crippen LogP contribution < -0.4 is 4.72 Å². The fourth-order valence-electron chi connectivity index (χ4n) is 2.11. The van der Waals surface area contributed by atoms with Gasteiger partial charge in [0.25, 0.3) is 0 Å². The van der Waals surface area contributed by atoms with E-state index in [1.54, 1.807) is 25.3 Å². The van der Waals surface area contributed by atoms with Crippen LogP contribution in [0.2, 0.25) is 5.02 Å². The standard InChI is InChI=1S/C14H18ClN3O2S/c1-10-8-13(15)5-6-14(10)21(19,20)17-7-3-4-12-9-16-18-11(12)2/h5-6,8-9,17H,3-4,7H2,1-2H3,(H,16,18). The molecular formula is C14H18ClN3O2S. The van der Waals surface area contributed by atoms with E-state index >= 15 is 0 Å². The number of aromatic amines is 1. The normalized spacial score (nSPS) is 11.8. The van der Waals surface area contributed by atoms with Gasteiger partial charge in [0.2, 0.25) is 10.0 Å². The van der Waals surface area contributed by atoms with Crippen molar-refractivity contribution in [3.8, 4) is 0 Å². The van der Waals surface area contributed by atoms with Crippen LogP contribution in [0.1, 0.15) is 23.2 Å². The predicted molar refractivity (Wildman–Crippen MR) is 83.0 cm³/mol. The molecule has 0 amide bonds. The number of nitrogens with zero attached hydrogens (tertiary/aromatic N) is 1. The van der Waals surface area contributed by atoms with Gasteiger partial charge in [-0.05, 0) is 56.0 Å². The first kappa shape index (κ1) is 16.0. The summed E-state index contributed by atoms with van der Waals surface area (Å²) in [7, 11) is -3.49. The lowest BCUT2D eigenvalue weighted by Gasteiger charge is -2.09. The van der Waals surface area contributed by atoms with Crippen molar-refractivity contribution in [2.75, 3.05) is 6.54 Å². The van der Waals surface area contributed by atoms with Crippen LogP contribution in [0.5, 0.6) is 0 Å². The van der Waals surface area contributed by atoms with E-state index in [0.717, 1.165) is 17.7 Å². The van der Waals surface area contributed by atoms with E-state index in [1.165, 1.54) is 6.07 Å². The molecule has 0 bridgehead atoms. The molecule has 1 aromatic carbocycles. The minimum absolute atomic E-state index is 0.270. The molecule has 0 unspecified atom stereocenters. The number of hydrogen-bond donors (Lipinski definition) is 2. The van der Waals surface area contributed by atoms with E-state index < -0.39 is 10.0 Å². The second-order valence-corrected chi connectivity index (χ2v) is 7.10. The molecule has 7 heteroatoms. The Labute approximate surface area is 129 Å². The van der Waals surface area contributed by atoms with Gasteiger partial charge in [-0.3, -0.25) is 5.10 Å². The molecule has 0 spiro atoms. The monoisotopic (exact) mass is 327 g/mol. The highest BCUT2D eigenvalue weighted by atomic mass is 35.5. The minimum atomic E-state index is -3.49. The number of sulfonamides is 1. The third-order valence-electron chi connectivity index (χ3n) is 3.28. The van der Waals surface area contributed by atoms with Gasteiger partial charge in [0.05, 0.1) is 11.1 Å². The summed E-state index contributed by atoms with van der Waals surface area (Å²) in [6, 6.07) is 4.75. The van der Waals surface area contributed by atoms with Crippen LogP contribution in [0.25, 0.3) is 0 Å². The highest BCUT2D eigenvalue weighted by Gasteiger charge is 2.16. The number of halogens is 1. The summed E-state index contributed by atoms with van der Waals surface area (Å²) in [5.41, 5.74) is 2.77. The first-order chi connectivity index (χ1) is 9.90. The van der Waals surface area contributed by atoms with Crippen molar-refractivity contribution in [1.29, 1.82) is 0 Å². The predicted octanol–water partition coefficient (Wildman–Crippen LogP) is 2.59. The summed E-state index contributed by atoms with van der Waals surface area (Å²) in [6.07, 6.45) is 3.27. The molecule has 114 valence electrons. The van der Waals surface area contributed by atoms with Crippen molar-refractivity contribution in [1.82, 2.24) is 14.9 Å². The lowest BCUT2D eigenvalue weighted by molar-refractivity contribution is 0.578. The Balaban J connectivity index is 1.94. The smallest absolute Gasteiger partial charge is 0.240 e. The number of aryl methyl sites for hydroxylation is 3. The number of nitrogens with one attached hydrogen (secondary N) is 2. The first-order valence-corrected chi connectivity index (χ1v) is 8.51. The van der Waals surface area contributed by atoms with Crippen LogP contribution in [0, 0.1) is 13.8 Å². The minimum Gasteiger partial charge on any atom is -0.283 e. The maximum Gasteiger partial charge on any atom is 0.240 e. The Morgan fingerprint density at radius 2 is 2.10 bits per heavy atom.